The molecule has 0 atom stereocenters. The van der Waals surface area contributed by atoms with Crippen molar-refractivity contribution in [1.82, 2.24) is 4.98 Å². The highest BCUT2D eigenvalue weighted by Crippen LogP contribution is 2.19. The highest BCUT2D eigenvalue weighted by atomic mass is 16.2. The zero-order valence-electron chi connectivity index (χ0n) is 7.86. The Kier molecular flexibility index (Phi) is 2.04. The smallest absolute Gasteiger partial charge is 0.294 e. The molecule has 72 valence electrons. The Bertz CT molecular complexity index is 401. The van der Waals surface area contributed by atoms with E-state index in [2.05, 4.69) is 4.98 Å². The van der Waals surface area contributed by atoms with Gasteiger partial charge in [0.2, 0.25) is 5.78 Å². The molecule has 14 heavy (non-hydrogen) atoms. The lowest BCUT2D eigenvalue weighted by Crippen LogP contribution is -2.27. The third kappa shape index (κ3) is 1.39. The summed E-state index contributed by atoms with van der Waals surface area (Å²) in [7, 11) is 0. The molecule has 0 aliphatic carbocycles. The number of hydrogen-bond acceptors (Lipinski definition) is 3. The van der Waals surface area contributed by atoms with E-state index < -0.39 is 5.91 Å². The maximum absolute atomic E-state index is 11.4. The van der Waals surface area contributed by atoms with Crippen LogP contribution in [0.4, 0.5) is 5.69 Å². The molecular formula is C10H10N2O2. The van der Waals surface area contributed by atoms with E-state index in [0.29, 0.717) is 18.7 Å². The number of anilines is 1. The summed E-state index contributed by atoms with van der Waals surface area (Å²) in [5.74, 6) is -0.732. The van der Waals surface area contributed by atoms with Crippen molar-refractivity contribution in [3.63, 3.8) is 0 Å². The van der Waals surface area contributed by atoms with Crippen molar-refractivity contribution >= 4 is 17.4 Å². The van der Waals surface area contributed by atoms with Crippen molar-refractivity contribution in [3.05, 3.63) is 24.0 Å². The van der Waals surface area contributed by atoms with Crippen LogP contribution in [-0.4, -0.2) is 23.2 Å². The topological polar surface area (TPSA) is 50.3 Å². The molecule has 0 radical (unpaired) electrons. The molecule has 0 unspecified atom stereocenters. The molecule has 0 N–H and O–H groups in total. The Morgan fingerprint density at radius 2 is 2.14 bits per heavy atom. The largest absolute Gasteiger partial charge is 0.304 e. The molecule has 4 nitrogen and oxygen atoms in total. The Labute approximate surface area is 81.6 Å². The summed E-state index contributed by atoms with van der Waals surface area (Å²) in [6.07, 6.45) is 3.63. The van der Waals surface area contributed by atoms with Gasteiger partial charge in [0.25, 0.3) is 5.91 Å². The lowest BCUT2D eigenvalue weighted by molar-refractivity contribution is -0.133. The van der Waals surface area contributed by atoms with Crippen LogP contribution in [0, 0.1) is 6.92 Å². The average Bonchev–Trinajstić information content (AvgIpc) is 2.48. The van der Waals surface area contributed by atoms with Gasteiger partial charge in [-0.2, -0.15) is 0 Å². The van der Waals surface area contributed by atoms with Gasteiger partial charge in [-0.3, -0.25) is 14.6 Å². The molecule has 0 saturated carbocycles. The molecule has 1 fully saturated rings. The monoisotopic (exact) mass is 190 g/mol. The number of carbonyl (C=O) groups is 2. The second-order valence-corrected chi connectivity index (χ2v) is 3.35. The second-order valence-electron chi connectivity index (χ2n) is 3.35. The fraction of sp³-hybridized carbons (Fsp3) is 0.300. The van der Waals surface area contributed by atoms with Gasteiger partial charge in [-0.1, -0.05) is 0 Å². The summed E-state index contributed by atoms with van der Waals surface area (Å²) < 4.78 is 0. The van der Waals surface area contributed by atoms with Crippen LogP contribution in [-0.2, 0) is 9.59 Å². The maximum Gasteiger partial charge on any atom is 0.294 e. The fourth-order valence-electron chi connectivity index (χ4n) is 1.51. The molecule has 1 aromatic rings. The van der Waals surface area contributed by atoms with Crippen LogP contribution >= 0.6 is 0 Å². The number of pyridine rings is 1. The van der Waals surface area contributed by atoms with Crippen molar-refractivity contribution in [1.29, 1.82) is 0 Å². The highest BCUT2D eigenvalue weighted by molar-refractivity contribution is 6.43. The minimum absolute atomic E-state index is 0.312. The lowest BCUT2D eigenvalue weighted by Gasteiger charge is -2.13. The van der Waals surface area contributed by atoms with E-state index in [1.807, 2.05) is 13.0 Å². The van der Waals surface area contributed by atoms with Gasteiger partial charge in [-0.25, -0.2) is 0 Å². The van der Waals surface area contributed by atoms with E-state index in [-0.39, 0.29) is 5.78 Å². The Morgan fingerprint density at radius 1 is 1.36 bits per heavy atom. The van der Waals surface area contributed by atoms with Crippen LogP contribution in [0.3, 0.4) is 0 Å². The third-order valence-corrected chi connectivity index (χ3v) is 2.22. The number of carbonyl (C=O) groups excluding carboxylic acids is 2. The first kappa shape index (κ1) is 8.87. The zero-order chi connectivity index (χ0) is 10.1. The van der Waals surface area contributed by atoms with Crippen LogP contribution in [0.2, 0.25) is 0 Å². The van der Waals surface area contributed by atoms with Crippen LogP contribution in [0.5, 0.6) is 0 Å². The molecule has 1 aliphatic rings. The number of nitrogens with zero attached hydrogens (tertiary/aromatic N) is 2. The summed E-state index contributed by atoms with van der Waals surface area (Å²) in [4.78, 5) is 27.9. The van der Waals surface area contributed by atoms with Crippen molar-refractivity contribution < 1.29 is 9.59 Å². The van der Waals surface area contributed by atoms with E-state index in [1.54, 1.807) is 12.4 Å². The second kappa shape index (κ2) is 3.21. The number of amides is 1. The third-order valence-electron chi connectivity index (χ3n) is 2.22. The first-order valence-corrected chi connectivity index (χ1v) is 4.45. The molecule has 2 heterocycles. The molecular weight excluding hydrogens is 180 g/mol. The highest BCUT2D eigenvalue weighted by Gasteiger charge is 2.30. The van der Waals surface area contributed by atoms with Crippen molar-refractivity contribution in [3.8, 4) is 0 Å². The minimum atomic E-state index is -0.419. The summed E-state index contributed by atoms with van der Waals surface area (Å²) in [6.45, 7) is 2.38. The van der Waals surface area contributed by atoms with Gasteiger partial charge in [0.1, 0.15) is 0 Å². The number of Topliss-reactive ketones (excluding diaryl/α,β-unsaturated/α-hetero) is 1. The summed E-state index contributed by atoms with van der Waals surface area (Å²) >= 11 is 0. The normalized spacial score (nSPS) is 16.5. The average molecular weight is 190 g/mol. The van der Waals surface area contributed by atoms with E-state index in [0.717, 1.165) is 5.56 Å². The molecule has 1 saturated heterocycles. The van der Waals surface area contributed by atoms with Gasteiger partial charge in [-0.05, 0) is 18.6 Å². The molecule has 1 aliphatic heterocycles. The Balaban J connectivity index is 2.32. The Hall–Kier alpha value is -1.71. The van der Waals surface area contributed by atoms with E-state index in [4.69, 9.17) is 0 Å². The van der Waals surface area contributed by atoms with Crippen molar-refractivity contribution in [2.75, 3.05) is 11.4 Å². The minimum Gasteiger partial charge on any atom is -0.304 e. The molecule has 4 heteroatoms. The molecule has 0 spiro atoms. The molecule has 1 aromatic heterocycles. The summed E-state index contributed by atoms with van der Waals surface area (Å²) in [6, 6.07) is 1.85. The first-order chi connectivity index (χ1) is 6.68. The van der Waals surface area contributed by atoms with Gasteiger partial charge in [-0.15, -0.1) is 0 Å². The van der Waals surface area contributed by atoms with Crippen LogP contribution in [0.25, 0.3) is 0 Å². The van der Waals surface area contributed by atoms with Crippen LogP contribution < -0.4 is 4.90 Å². The standard InChI is InChI=1S/C10H10N2O2/c1-7-4-8(6-11-5-7)12-3-2-9(13)10(12)14/h4-6H,2-3H2,1H3. The van der Waals surface area contributed by atoms with Crippen LogP contribution in [0.15, 0.2) is 18.5 Å². The predicted molar refractivity (Wildman–Crippen MR) is 51.0 cm³/mol. The van der Waals surface area contributed by atoms with Gasteiger partial charge in [0, 0.05) is 19.2 Å². The zero-order valence-corrected chi connectivity index (χ0v) is 7.86. The van der Waals surface area contributed by atoms with Crippen molar-refractivity contribution in [2.24, 2.45) is 0 Å². The molecule has 2 rings (SSSR count). The predicted octanol–water partition coefficient (Wildman–Crippen LogP) is 0.696. The van der Waals surface area contributed by atoms with Gasteiger partial charge in [0.15, 0.2) is 0 Å². The summed E-state index contributed by atoms with van der Waals surface area (Å²) in [5.41, 5.74) is 1.69. The van der Waals surface area contributed by atoms with E-state index in [9.17, 15) is 9.59 Å². The van der Waals surface area contributed by atoms with Crippen LogP contribution in [0.1, 0.15) is 12.0 Å². The Morgan fingerprint density at radius 3 is 2.71 bits per heavy atom. The molecule has 0 aromatic carbocycles. The maximum atomic E-state index is 11.4. The SMILES string of the molecule is Cc1cncc(N2CCC(=O)C2=O)c1. The first-order valence-electron chi connectivity index (χ1n) is 4.45. The number of rotatable bonds is 1. The lowest BCUT2D eigenvalue weighted by atomic mass is 10.3. The van der Waals surface area contributed by atoms with Gasteiger partial charge in [0.05, 0.1) is 11.9 Å². The van der Waals surface area contributed by atoms with Crippen molar-refractivity contribution in [2.45, 2.75) is 13.3 Å². The molecule has 0 bridgehead atoms. The fourth-order valence-corrected chi connectivity index (χ4v) is 1.51. The quantitative estimate of drug-likeness (QED) is 0.612. The summed E-state index contributed by atoms with van der Waals surface area (Å²) in [5, 5.41) is 0. The van der Waals surface area contributed by atoms with E-state index >= 15 is 0 Å². The number of aromatic nitrogens is 1. The van der Waals surface area contributed by atoms with Gasteiger partial charge >= 0.3 is 0 Å². The molecule has 1 amide bonds. The number of aryl methyl sites for hydroxylation is 1. The van der Waals surface area contributed by atoms with E-state index in [1.165, 1.54) is 4.90 Å². The van der Waals surface area contributed by atoms with Gasteiger partial charge < -0.3 is 4.90 Å². The number of ketones is 1. The number of hydrogen-bond donors (Lipinski definition) is 0.